The van der Waals surface area contributed by atoms with Gasteiger partial charge in [-0.1, -0.05) is 0 Å². The van der Waals surface area contributed by atoms with Crippen LogP contribution in [0, 0.1) is 12.8 Å². The SMILES string of the molecule is COc1cc2nc(-c3ccc(C)o3)cc(OCC3CCNCC3)c2cc1OC. The number of fused-ring (bicyclic) bond motifs is 1. The van der Waals surface area contributed by atoms with Crippen molar-refractivity contribution in [3.05, 3.63) is 36.1 Å². The molecule has 0 atom stereocenters. The van der Waals surface area contributed by atoms with Gasteiger partial charge in [0.1, 0.15) is 17.2 Å². The van der Waals surface area contributed by atoms with Crippen LogP contribution >= 0.6 is 0 Å². The summed E-state index contributed by atoms with van der Waals surface area (Å²) >= 11 is 0. The number of hydrogen-bond donors (Lipinski definition) is 1. The van der Waals surface area contributed by atoms with Crippen LogP contribution in [0.3, 0.4) is 0 Å². The molecular weight excluding hydrogens is 356 g/mol. The summed E-state index contributed by atoms with van der Waals surface area (Å²) in [5.74, 6) is 4.21. The standard InChI is InChI=1S/C22H26N2O4/c1-14-4-5-19(28-14)18-12-20(27-13-15-6-8-23-9-7-15)16-10-21(25-2)22(26-3)11-17(16)24-18/h4-5,10-12,15,23H,6-9,13H2,1-3H3. The molecule has 0 spiro atoms. The molecule has 1 aromatic carbocycles. The molecule has 1 aliphatic rings. The molecule has 3 heterocycles. The first kappa shape index (κ1) is 18.6. The van der Waals surface area contributed by atoms with E-state index in [1.165, 1.54) is 0 Å². The van der Waals surface area contributed by atoms with Crippen LogP contribution in [0.1, 0.15) is 18.6 Å². The molecule has 3 aromatic rings. The third-order valence-electron chi connectivity index (χ3n) is 5.20. The highest BCUT2D eigenvalue weighted by Crippen LogP contribution is 2.38. The Hall–Kier alpha value is -2.73. The van der Waals surface area contributed by atoms with Gasteiger partial charge in [0, 0.05) is 17.5 Å². The third kappa shape index (κ3) is 3.78. The van der Waals surface area contributed by atoms with E-state index < -0.39 is 0 Å². The lowest BCUT2D eigenvalue weighted by Gasteiger charge is -2.23. The summed E-state index contributed by atoms with van der Waals surface area (Å²) in [6.45, 7) is 4.71. The number of furan rings is 1. The number of benzene rings is 1. The minimum absolute atomic E-state index is 0.555. The predicted molar refractivity (Wildman–Crippen MR) is 108 cm³/mol. The molecule has 1 N–H and O–H groups in total. The van der Waals surface area contributed by atoms with Crippen LogP contribution in [0.5, 0.6) is 17.2 Å². The largest absolute Gasteiger partial charge is 0.493 e. The molecular formula is C22H26N2O4. The fraction of sp³-hybridized carbons (Fsp3) is 0.409. The van der Waals surface area contributed by atoms with Crippen LogP contribution in [0.25, 0.3) is 22.4 Å². The molecule has 0 aliphatic carbocycles. The molecule has 0 radical (unpaired) electrons. The van der Waals surface area contributed by atoms with Gasteiger partial charge in [0.25, 0.3) is 0 Å². The summed E-state index contributed by atoms with van der Waals surface area (Å²) in [5.41, 5.74) is 1.53. The minimum Gasteiger partial charge on any atom is -0.493 e. The van der Waals surface area contributed by atoms with Crippen molar-refractivity contribution in [2.75, 3.05) is 33.9 Å². The van der Waals surface area contributed by atoms with Gasteiger partial charge >= 0.3 is 0 Å². The maximum Gasteiger partial charge on any atom is 0.162 e. The van der Waals surface area contributed by atoms with Crippen molar-refractivity contribution in [1.82, 2.24) is 10.3 Å². The second-order valence-corrected chi connectivity index (χ2v) is 7.14. The van der Waals surface area contributed by atoms with Crippen molar-refractivity contribution in [3.63, 3.8) is 0 Å². The predicted octanol–water partition coefficient (Wildman–Crippen LogP) is 4.20. The summed E-state index contributed by atoms with van der Waals surface area (Å²) in [4.78, 5) is 4.78. The van der Waals surface area contributed by atoms with Crippen LogP contribution < -0.4 is 19.5 Å². The van der Waals surface area contributed by atoms with Crippen molar-refractivity contribution in [2.24, 2.45) is 5.92 Å². The van der Waals surface area contributed by atoms with Gasteiger partial charge in [0.2, 0.25) is 0 Å². The first-order valence-electron chi connectivity index (χ1n) is 9.65. The Kier molecular flexibility index (Phi) is 5.39. The van der Waals surface area contributed by atoms with Crippen molar-refractivity contribution in [3.8, 4) is 28.7 Å². The van der Waals surface area contributed by atoms with Crippen LogP contribution in [0.2, 0.25) is 0 Å². The highest BCUT2D eigenvalue weighted by molar-refractivity contribution is 5.90. The first-order valence-corrected chi connectivity index (χ1v) is 9.65. The number of hydrogen-bond acceptors (Lipinski definition) is 6. The van der Waals surface area contributed by atoms with Crippen molar-refractivity contribution < 1.29 is 18.6 Å². The van der Waals surface area contributed by atoms with Gasteiger partial charge in [-0.25, -0.2) is 4.98 Å². The average Bonchev–Trinajstić information content (AvgIpc) is 3.17. The number of aromatic nitrogens is 1. The zero-order valence-corrected chi connectivity index (χ0v) is 16.6. The van der Waals surface area contributed by atoms with E-state index in [0.29, 0.717) is 24.0 Å². The van der Waals surface area contributed by atoms with Gasteiger partial charge in [0.15, 0.2) is 17.3 Å². The average molecular weight is 382 g/mol. The second kappa shape index (κ2) is 8.10. The normalized spacial score (nSPS) is 15.0. The maximum atomic E-state index is 6.29. The Balaban J connectivity index is 1.76. The Morgan fingerprint density at radius 2 is 1.79 bits per heavy atom. The van der Waals surface area contributed by atoms with E-state index in [-0.39, 0.29) is 0 Å². The molecule has 0 unspecified atom stereocenters. The number of piperidine rings is 1. The second-order valence-electron chi connectivity index (χ2n) is 7.14. The van der Waals surface area contributed by atoms with Crippen molar-refractivity contribution in [1.29, 1.82) is 0 Å². The third-order valence-corrected chi connectivity index (χ3v) is 5.20. The van der Waals surface area contributed by atoms with Crippen molar-refractivity contribution >= 4 is 10.9 Å². The van der Waals surface area contributed by atoms with Crippen molar-refractivity contribution in [2.45, 2.75) is 19.8 Å². The lowest BCUT2D eigenvalue weighted by Crippen LogP contribution is -2.30. The molecule has 0 amide bonds. The van der Waals surface area contributed by atoms with E-state index in [0.717, 1.165) is 59.8 Å². The van der Waals surface area contributed by atoms with E-state index in [4.69, 9.17) is 23.6 Å². The van der Waals surface area contributed by atoms with E-state index >= 15 is 0 Å². The van der Waals surface area contributed by atoms with Crippen LogP contribution in [-0.2, 0) is 0 Å². The number of ether oxygens (including phenoxy) is 3. The van der Waals surface area contributed by atoms with E-state index in [1.807, 2.05) is 37.3 Å². The Bertz CT molecular complexity index is 961. The quantitative estimate of drug-likeness (QED) is 0.689. The molecule has 6 nitrogen and oxygen atoms in total. The summed E-state index contributed by atoms with van der Waals surface area (Å²) < 4.78 is 23.0. The first-order chi connectivity index (χ1) is 13.7. The molecule has 1 saturated heterocycles. The van der Waals surface area contributed by atoms with Gasteiger partial charge in [-0.15, -0.1) is 0 Å². The number of rotatable bonds is 6. The van der Waals surface area contributed by atoms with Crippen LogP contribution in [0.15, 0.2) is 34.7 Å². The highest BCUT2D eigenvalue weighted by atomic mass is 16.5. The summed E-state index contributed by atoms with van der Waals surface area (Å²) in [6, 6.07) is 9.63. The topological polar surface area (TPSA) is 65.8 Å². The molecule has 0 bridgehead atoms. The molecule has 1 aliphatic heterocycles. The Labute approximate surface area is 164 Å². The molecule has 148 valence electrons. The van der Waals surface area contributed by atoms with Gasteiger partial charge in [-0.3, -0.25) is 0 Å². The maximum absolute atomic E-state index is 6.29. The number of methoxy groups -OCH3 is 2. The van der Waals surface area contributed by atoms with E-state index in [1.54, 1.807) is 14.2 Å². The zero-order chi connectivity index (χ0) is 19.5. The molecule has 1 fully saturated rings. The van der Waals surface area contributed by atoms with E-state index in [2.05, 4.69) is 5.32 Å². The van der Waals surface area contributed by atoms with E-state index in [9.17, 15) is 0 Å². The number of nitrogens with one attached hydrogen (secondary N) is 1. The summed E-state index contributed by atoms with van der Waals surface area (Å²) in [7, 11) is 3.25. The number of pyridine rings is 1. The van der Waals surface area contributed by atoms with Gasteiger partial charge < -0.3 is 23.9 Å². The molecule has 2 aromatic heterocycles. The monoisotopic (exact) mass is 382 g/mol. The lowest BCUT2D eigenvalue weighted by molar-refractivity contribution is 0.217. The summed E-state index contributed by atoms with van der Waals surface area (Å²) in [5, 5.41) is 4.30. The van der Waals surface area contributed by atoms with Gasteiger partial charge in [-0.05, 0) is 57.0 Å². The number of aryl methyl sites for hydroxylation is 1. The molecule has 0 saturated carbocycles. The fourth-order valence-electron chi connectivity index (χ4n) is 3.60. The lowest BCUT2D eigenvalue weighted by atomic mass is 9.99. The Morgan fingerprint density at radius 1 is 1.04 bits per heavy atom. The van der Waals surface area contributed by atoms with Gasteiger partial charge in [0.05, 0.1) is 26.3 Å². The summed E-state index contributed by atoms with van der Waals surface area (Å²) in [6.07, 6.45) is 2.26. The minimum atomic E-state index is 0.555. The fourth-order valence-corrected chi connectivity index (χ4v) is 3.60. The highest BCUT2D eigenvalue weighted by Gasteiger charge is 2.18. The molecule has 4 rings (SSSR count). The number of nitrogens with zero attached hydrogens (tertiary/aromatic N) is 1. The Morgan fingerprint density at radius 3 is 2.46 bits per heavy atom. The smallest absolute Gasteiger partial charge is 0.162 e. The zero-order valence-electron chi connectivity index (χ0n) is 16.6. The van der Waals surface area contributed by atoms with Gasteiger partial charge in [-0.2, -0.15) is 0 Å². The molecule has 6 heteroatoms. The van der Waals surface area contributed by atoms with Crippen LogP contribution in [0.4, 0.5) is 0 Å². The molecule has 28 heavy (non-hydrogen) atoms. The van der Waals surface area contributed by atoms with Crippen LogP contribution in [-0.4, -0.2) is 38.9 Å².